The van der Waals surface area contributed by atoms with E-state index < -0.39 is 0 Å². The quantitative estimate of drug-likeness (QED) is 0.911. The van der Waals surface area contributed by atoms with Crippen LogP contribution in [0.15, 0.2) is 48.5 Å². The minimum Gasteiger partial charge on any atom is -0.330 e. The van der Waals surface area contributed by atoms with E-state index in [4.69, 9.17) is 22.6 Å². The molecule has 1 atom stereocenters. The lowest BCUT2D eigenvalue weighted by atomic mass is 9.56. The van der Waals surface area contributed by atoms with Crippen LogP contribution in [0, 0.1) is 11.3 Å². The molecule has 22 heavy (non-hydrogen) atoms. The van der Waals surface area contributed by atoms with Gasteiger partial charge in [0.05, 0.1) is 11.6 Å². The Kier molecular flexibility index (Phi) is 4.20. The molecule has 0 heterocycles. The summed E-state index contributed by atoms with van der Waals surface area (Å²) in [4.78, 5) is 0. The molecular formula is C19H19ClN2. The molecular weight excluding hydrogens is 292 g/mol. The zero-order valence-electron chi connectivity index (χ0n) is 12.4. The third-order valence-electron chi connectivity index (χ3n) is 4.99. The number of nitrogens with two attached hydrogens (primary N) is 1. The molecule has 1 fully saturated rings. The van der Waals surface area contributed by atoms with Crippen LogP contribution in [0.4, 0.5) is 0 Å². The van der Waals surface area contributed by atoms with Crippen LogP contribution in [0.5, 0.6) is 0 Å². The van der Waals surface area contributed by atoms with Gasteiger partial charge in [0.1, 0.15) is 0 Å². The van der Waals surface area contributed by atoms with Crippen molar-refractivity contribution in [2.45, 2.75) is 30.6 Å². The Morgan fingerprint density at radius 2 is 1.91 bits per heavy atom. The molecule has 0 aliphatic heterocycles. The van der Waals surface area contributed by atoms with E-state index in [0.717, 1.165) is 23.4 Å². The number of nitrogens with zero attached hydrogens (tertiary/aromatic N) is 1. The molecule has 0 saturated heterocycles. The first-order valence-electron chi connectivity index (χ1n) is 7.66. The van der Waals surface area contributed by atoms with E-state index in [0.29, 0.717) is 12.1 Å². The molecule has 2 N–H and O–H groups in total. The average Bonchev–Trinajstić information content (AvgIpc) is 2.52. The summed E-state index contributed by atoms with van der Waals surface area (Å²) in [5.41, 5.74) is 9.39. The second kappa shape index (κ2) is 6.12. The number of halogens is 1. The molecule has 2 aromatic rings. The topological polar surface area (TPSA) is 49.8 Å². The Morgan fingerprint density at radius 1 is 1.18 bits per heavy atom. The summed E-state index contributed by atoms with van der Waals surface area (Å²) < 4.78 is 0. The average molecular weight is 311 g/mol. The van der Waals surface area contributed by atoms with E-state index in [1.807, 2.05) is 30.3 Å². The summed E-state index contributed by atoms with van der Waals surface area (Å²) >= 11 is 6.03. The number of benzene rings is 2. The number of nitriles is 1. The second-order valence-corrected chi connectivity index (χ2v) is 6.48. The molecule has 3 heteroatoms. The summed E-state index contributed by atoms with van der Waals surface area (Å²) in [7, 11) is 0. The Morgan fingerprint density at radius 3 is 2.45 bits per heavy atom. The van der Waals surface area contributed by atoms with Crippen molar-refractivity contribution in [1.82, 2.24) is 0 Å². The monoisotopic (exact) mass is 310 g/mol. The van der Waals surface area contributed by atoms with Gasteiger partial charge in [-0.2, -0.15) is 5.26 Å². The highest BCUT2D eigenvalue weighted by Crippen LogP contribution is 2.53. The van der Waals surface area contributed by atoms with E-state index in [1.54, 1.807) is 0 Å². The smallest absolute Gasteiger partial charge is 0.0991 e. The zero-order valence-corrected chi connectivity index (χ0v) is 13.2. The summed E-state index contributed by atoms with van der Waals surface area (Å²) in [5.74, 6) is 0.232. The molecule has 1 saturated carbocycles. The van der Waals surface area contributed by atoms with Crippen molar-refractivity contribution in [2.75, 3.05) is 6.54 Å². The maximum Gasteiger partial charge on any atom is 0.0991 e. The minimum atomic E-state index is 0.0768. The van der Waals surface area contributed by atoms with Crippen molar-refractivity contribution in [2.24, 2.45) is 5.73 Å². The fourth-order valence-electron chi connectivity index (χ4n) is 3.68. The Balaban J connectivity index is 2.03. The lowest BCUT2D eigenvalue weighted by Gasteiger charge is -2.48. The third kappa shape index (κ3) is 2.52. The molecule has 2 nitrogen and oxygen atoms in total. The molecule has 1 aliphatic carbocycles. The van der Waals surface area contributed by atoms with E-state index in [9.17, 15) is 0 Å². The molecule has 0 spiro atoms. The summed E-state index contributed by atoms with van der Waals surface area (Å²) in [6.45, 7) is 0.581. The third-order valence-corrected chi connectivity index (χ3v) is 5.24. The van der Waals surface area contributed by atoms with E-state index >= 15 is 0 Å². The predicted molar refractivity (Wildman–Crippen MR) is 89.9 cm³/mol. The van der Waals surface area contributed by atoms with Crippen LogP contribution in [0.2, 0.25) is 5.02 Å². The number of rotatable bonds is 4. The van der Waals surface area contributed by atoms with Crippen molar-refractivity contribution in [3.05, 3.63) is 70.2 Å². The van der Waals surface area contributed by atoms with Crippen molar-refractivity contribution >= 4 is 11.6 Å². The van der Waals surface area contributed by atoms with Gasteiger partial charge in [0.25, 0.3) is 0 Å². The highest BCUT2D eigenvalue weighted by molar-refractivity contribution is 6.30. The summed E-state index contributed by atoms with van der Waals surface area (Å²) in [5, 5.41) is 9.90. The molecule has 1 aliphatic rings. The van der Waals surface area contributed by atoms with Crippen LogP contribution < -0.4 is 5.73 Å². The van der Waals surface area contributed by atoms with Gasteiger partial charge in [-0.05, 0) is 48.2 Å². The molecule has 2 aromatic carbocycles. The summed E-state index contributed by atoms with van der Waals surface area (Å²) in [6.07, 6.45) is 3.48. The van der Waals surface area contributed by atoms with Crippen LogP contribution in [0.3, 0.4) is 0 Å². The zero-order chi connectivity index (χ0) is 15.6. The SMILES string of the molecule is N#Cc1cccc([C@@H](CN)C2(c3ccc(Cl)cc3)CCC2)c1. The van der Waals surface area contributed by atoms with Gasteiger partial charge in [-0.25, -0.2) is 0 Å². The van der Waals surface area contributed by atoms with Gasteiger partial charge in [0.2, 0.25) is 0 Å². The van der Waals surface area contributed by atoms with Gasteiger partial charge >= 0.3 is 0 Å². The van der Waals surface area contributed by atoms with E-state index in [1.165, 1.54) is 12.0 Å². The standard InChI is InChI=1S/C19H19ClN2/c20-17-7-5-16(6-8-17)19(9-2-10-19)18(13-22)15-4-1-3-14(11-15)12-21/h1,3-8,11,18H,2,9-10,13,22H2/t18-/m1/s1. The molecule has 3 rings (SSSR count). The fraction of sp³-hybridized carbons (Fsp3) is 0.316. The van der Waals surface area contributed by atoms with E-state index in [2.05, 4.69) is 24.3 Å². The van der Waals surface area contributed by atoms with Crippen molar-refractivity contribution < 1.29 is 0 Å². The molecule has 0 amide bonds. The van der Waals surface area contributed by atoms with Crippen LogP contribution in [0.1, 0.15) is 41.9 Å². The molecule has 0 radical (unpaired) electrons. The first-order chi connectivity index (χ1) is 10.7. The van der Waals surface area contributed by atoms with Gasteiger partial charge in [0, 0.05) is 22.9 Å². The maximum atomic E-state index is 9.14. The fourth-order valence-corrected chi connectivity index (χ4v) is 3.81. The highest BCUT2D eigenvalue weighted by Gasteiger charge is 2.45. The van der Waals surface area contributed by atoms with Crippen molar-refractivity contribution in [3.8, 4) is 6.07 Å². The molecule has 112 valence electrons. The lowest BCUT2D eigenvalue weighted by molar-refractivity contribution is 0.197. The van der Waals surface area contributed by atoms with Crippen LogP contribution in [-0.2, 0) is 5.41 Å². The first kappa shape index (κ1) is 15.1. The minimum absolute atomic E-state index is 0.0768. The highest BCUT2D eigenvalue weighted by atomic mass is 35.5. The van der Waals surface area contributed by atoms with Crippen molar-refractivity contribution in [1.29, 1.82) is 5.26 Å². The van der Waals surface area contributed by atoms with Crippen molar-refractivity contribution in [3.63, 3.8) is 0 Å². The first-order valence-corrected chi connectivity index (χ1v) is 8.03. The lowest BCUT2D eigenvalue weighted by Crippen LogP contribution is -2.43. The van der Waals surface area contributed by atoms with Crippen LogP contribution >= 0.6 is 11.6 Å². The molecule has 0 aromatic heterocycles. The van der Waals surface area contributed by atoms with Crippen LogP contribution in [-0.4, -0.2) is 6.54 Å². The maximum absolute atomic E-state index is 9.14. The largest absolute Gasteiger partial charge is 0.330 e. The molecule has 0 unspecified atom stereocenters. The number of hydrogen-bond donors (Lipinski definition) is 1. The normalized spacial score (nSPS) is 17.3. The molecule has 0 bridgehead atoms. The van der Waals surface area contributed by atoms with Gasteiger partial charge in [0.15, 0.2) is 0 Å². The second-order valence-electron chi connectivity index (χ2n) is 6.04. The Bertz CT molecular complexity index is 696. The number of hydrogen-bond acceptors (Lipinski definition) is 2. The van der Waals surface area contributed by atoms with Gasteiger partial charge < -0.3 is 5.73 Å². The Labute approximate surface area is 136 Å². The Hall–Kier alpha value is -1.82. The van der Waals surface area contributed by atoms with Gasteiger partial charge in [-0.15, -0.1) is 0 Å². The van der Waals surface area contributed by atoms with Crippen LogP contribution in [0.25, 0.3) is 0 Å². The van der Waals surface area contributed by atoms with Gasteiger partial charge in [-0.1, -0.05) is 42.3 Å². The van der Waals surface area contributed by atoms with Gasteiger partial charge in [-0.3, -0.25) is 0 Å². The summed E-state index contributed by atoms with van der Waals surface area (Å²) in [6, 6.07) is 18.2. The predicted octanol–water partition coefficient (Wildman–Crippen LogP) is 4.38. The van der Waals surface area contributed by atoms with E-state index in [-0.39, 0.29) is 11.3 Å².